The van der Waals surface area contributed by atoms with Gasteiger partial charge in [-0.15, -0.1) is 11.3 Å². The summed E-state index contributed by atoms with van der Waals surface area (Å²) >= 11 is 1.18. The fraction of sp³-hybridized carbons (Fsp3) is 0.0909. The second kappa shape index (κ2) is 4.53. The molecule has 94 valence electrons. The fourth-order valence-electron chi connectivity index (χ4n) is 1.47. The molecule has 0 saturated carbocycles. The Balaban J connectivity index is 2.45. The lowest BCUT2D eigenvalue weighted by molar-refractivity contribution is 0.100. The first-order chi connectivity index (χ1) is 8.47. The molecule has 0 unspecified atom stereocenters. The highest BCUT2D eigenvalue weighted by Gasteiger charge is 2.17. The number of thiophene rings is 1. The number of carbonyl (C=O) groups excluding carboxylic acids is 2. The van der Waals surface area contributed by atoms with Gasteiger partial charge in [0.15, 0.2) is 0 Å². The molecule has 0 atom stereocenters. The highest BCUT2D eigenvalue weighted by atomic mass is 32.1. The zero-order valence-electron chi connectivity index (χ0n) is 9.52. The van der Waals surface area contributed by atoms with E-state index < -0.39 is 11.9 Å². The lowest BCUT2D eigenvalue weighted by Crippen LogP contribution is -2.21. The maximum absolute atomic E-state index is 11.3. The van der Waals surface area contributed by atoms with Crippen molar-refractivity contribution in [2.24, 2.45) is 11.5 Å². The Labute approximate surface area is 107 Å². The second-order valence-electron chi connectivity index (χ2n) is 3.62. The van der Waals surface area contributed by atoms with Gasteiger partial charge in [0.1, 0.15) is 16.5 Å². The standard InChI is InChI=1S/C11H11N3O3S/c1-5-2-3-7(17-5)8-4-6(9(12)15)10(18-8)14-11(13)16/h2-4H,1H3,(H2,12,15)(H3,13,14,16). The molecule has 18 heavy (non-hydrogen) atoms. The number of carbonyl (C=O) groups is 2. The van der Waals surface area contributed by atoms with Crippen LogP contribution in [0.5, 0.6) is 0 Å². The Hall–Kier alpha value is -2.28. The van der Waals surface area contributed by atoms with Crippen molar-refractivity contribution in [3.63, 3.8) is 0 Å². The molecule has 0 aliphatic carbocycles. The molecule has 2 heterocycles. The number of urea groups is 1. The van der Waals surface area contributed by atoms with Crippen LogP contribution in [-0.4, -0.2) is 11.9 Å². The van der Waals surface area contributed by atoms with Crippen LogP contribution in [0.15, 0.2) is 22.6 Å². The van der Waals surface area contributed by atoms with Crippen molar-refractivity contribution in [2.75, 3.05) is 5.32 Å². The van der Waals surface area contributed by atoms with E-state index in [1.807, 2.05) is 6.92 Å². The van der Waals surface area contributed by atoms with Crippen molar-refractivity contribution in [3.05, 3.63) is 29.5 Å². The van der Waals surface area contributed by atoms with Gasteiger partial charge in [-0.25, -0.2) is 4.79 Å². The number of hydrogen-bond donors (Lipinski definition) is 3. The normalized spacial score (nSPS) is 10.3. The molecular formula is C11H11N3O3S. The van der Waals surface area contributed by atoms with Crippen molar-refractivity contribution >= 4 is 28.3 Å². The first-order valence-corrected chi connectivity index (χ1v) is 5.86. The van der Waals surface area contributed by atoms with Crippen molar-refractivity contribution in [1.29, 1.82) is 0 Å². The minimum atomic E-state index is -0.749. The van der Waals surface area contributed by atoms with Gasteiger partial charge in [0, 0.05) is 0 Å². The molecule has 6 nitrogen and oxygen atoms in total. The third-order valence-corrected chi connectivity index (χ3v) is 3.28. The average molecular weight is 265 g/mol. The van der Waals surface area contributed by atoms with E-state index in [-0.39, 0.29) is 5.56 Å². The maximum atomic E-state index is 11.3. The molecule has 2 aromatic rings. The van der Waals surface area contributed by atoms with Gasteiger partial charge in [-0.1, -0.05) is 0 Å². The van der Waals surface area contributed by atoms with Gasteiger partial charge in [-0.3, -0.25) is 10.1 Å². The van der Waals surface area contributed by atoms with Crippen molar-refractivity contribution in [2.45, 2.75) is 6.92 Å². The maximum Gasteiger partial charge on any atom is 0.317 e. The molecule has 0 radical (unpaired) electrons. The van der Waals surface area contributed by atoms with Crippen molar-refractivity contribution < 1.29 is 14.0 Å². The van der Waals surface area contributed by atoms with Crippen molar-refractivity contribution in [1.82, 2.24) is 0 Å². The molecule has 5 N–H and O–H groups in total. The van der Waals surface area contributed by atoms with E-state index in [1.54, 1.807) is 18.2 Å². The van der Waals surface area contributed by atoms with Crippen LogP contribution in [0.2, 0.25) is 0 Å². The molecule has 0 aromatic carbocycles. The zero-order valence-corrected chi connectivity index (χ0v) is 10.3. The molecule has 0 aliphatic heterocycles. The van der Waals surface area contributed by atoms with Crippen LogP contribution in [0.3, 0.4) is 0 Å². The first-order valence-electron chi connectivity index (χ1n) is 5.04. The Morgan fingerprint density at radius 1 is 1.33 bits per heavy atom. The lowest BCUT2D eigenvalue weighted by atomic mass is 10.2. The second-order valence-corrected chi connectivity index (χ2v) is 4.67. The first kappa shape index (κ1) is 12.2. The summed E-state index contributed by atoms with van der Waals surface area (Å²) in [7, 11) is 0. The Kier molecular flexibility index (Phi) is 3.07. The number of nitrogens with two attached hydrogens (primary N) is 2. The minimum Gasteiger partial charge on any atom is -0.461 e. The minimum absolute atomic E-state index is 0.211. The molecule has 3 amide bonds. The van der Waals surface area contributed by atoms with E-state index in [0.29, 0.717) is 15.6 Å². The van der Waals surface area contributed by atoms with Crippen LogP contribution in [0.4, 0.5) is 9.80 Å². The van der Waals surface area contributed by atoms with Crippen LogP contribution < -0.4 is 16.8 Å². The summed E-state index contributed by atoms with van der Waals surface area (Å²) < 4.78 is 5.44. The smallest absolute Gasteiger partial charge is 0.317 e. The number of rotatable bonds is 3. The van der Waals surface area contributed by atoms with E-state index in [2.05, 4.69) is 5.32 Å². The zero-order chi connectivity index (χ0) is 13.3. The summed E-state index contributed by atoms with van der Waals surface area (Å²) in [5, 5.41) is 2.69. The van der Waals surface area contributed by atoms with E-state index in [0.717, 1.165) is 5.76 Å². The monoisotopic (exact) mass is 265 g/mol. The Morgan fingerprint density at radius 2 is 2.06 bits per heavy atom. The largest absolute Gasteiger partial charge is 0.461 e. The summed E-state index contributed by atoms with van der Waals surface area (Å²) in [6, 6.07) is 4.40. The Bertz CT molecular complexity index is 615. The third-order valence-electron chi connectivity index (χ3n) is 2.22. The van der Waals surface area contributed by atoms with E-state index in [4.69, 9.17) is 15.9 Å². The van der Waals surface area contributed by atoms with Gasteiger partial charge in [0.05, 0.1) is 10.4 Å². The van der Waals surface area contributed by atoms with Gasteiger partial charge in [0.2, 0.25) is 0 Å². The van der Waals surface area contributed by atoms with E-state index in [9.17, 15) is 9.59 Å². The van der Waals surface area contributed by atoms with Gasteiger partial charge >= 0.3 is 6.03 Å². The van der Waals surface area contributed by atoms with Crippen molar-refractivity contribution in [3.8, 4) is 10.6 Å². The molecular weight excluding hydrogens is 254 g/mol. The van der Waals surface area contributed by atoms with Crippen LogP contribution >= 0.6 is 11.3 Å². The lowest BCUT2D eigenvalue weighted by Gasteiger charge is -1.98. The van der Waals surface area contributed by atoms with Gasteiger partial charge < -0.3 is 15.9 Å². The van der Waals surface area contributed by atoms with E-state index >= 15 is 0 Å². The fourth-order valence-corrected chi connectivity index (χ4v) is 2.50. The molecule has 0 spiro atoms. The van der Waals surface area contributed by atoms with Crippen LogP contribution in [0, 0.1) is 6.92 Å². The van der Waals surface area contributed by atoms with Gasteiger partial charge in [0.25, 0.3) is 5.91 Å². The Morgan fingerprint density at radius 3 is 2.56 bits per heavy atom. The predicted molar refractivity (Wildman–Crippen MR) is 68.5 cm³/mol. The molecule has 0 fully saturated rings. The number of aryl methyl sites for hydroxylation is 1. The summed E-state index contributed by atoms with van der Waals surface area (Å²) in [5.41, 5.74) is 10.5. The van der Waals surface area contributed by atoms with E-state index in [1.165, 1.54) is 11.3 Å². The summed E-state index contributed by atoms with van der Waals surface area (Å²) in [4.78, 5) is 22.8. The number of nitrogens with one attached hydrogen (secondary N) is 1. The molecule has 7 heteroatoms. The van der Waals surface area contributed by atoms with Crippen LogP contribution in [0.1, 0.15) is 16.1 Å². The number of anilines is 1. The molecule has 0 aliphatic rings. The van der Waals surface area contributed by atoms with Crippen LogP contribution in [-0.2, 0) is 0 Å². The number of amides is 3. The number of hydrogen-bond acceptors (Lipinski definition) is 4. The average Bonchev–Trinajstić information content (AvgIpc) is 2.83. The summed E-state index contributed by atoms with van der Waals surface area (Å²) in [6.07, 6.45) is 0. The third kappa shape index (κ3) is 2.35. The number of primary amides is 2. The highest BCUT2D eigenvalue weighted by Crippen LogP contribution is 2.35. The quantitative estimate of drug-likeness (QED) is 0.787. The number of furan rings is 1. The molecule has 2 aromatic heterocycles. The van der Waals surface area contributed by atoms with Gasteiger partial charge in [-0.05, 0) is 25.1 Å². The van der Waals surface area contributed by atoms with Gasteiger partial charge in [-0.2, -0.15) is 0 Å². The summed E-state index contributed by atoms with van der Waals surface area (Å²) in [5.74, 6) is 0.727. The molecule has 2 rings (SSSR count). The van der Waals surface area contributed by atoms with Crippen LogP contribution in [0.25, 0.3) is 10.6 Å². The molecule has 0 bridgehead atoms. The highest BCUT2D eigenvalue weighted by molar-refractivity contribution is 7.20. The SMILES string of the molecule is Cc1ccc(-c2cc(C(N)=O)c(NC(N)=O)s2)o1. The summed E-state index contributed by atoms with van der Waals surface area (Å²) in [6.45, 7) is 1.81. The topological polar surface area (TPSA) is 111 Å². The predicted octanol–water partition coefficient (Wildman–Crippen LogP) is 1.91. The molecule has 0 saturated heterocycles.